The number of thioether (sulfide) groups is 1. The van der Waals surface area contributed by atoms with E-state index in [1.54, 1.807) is 31.1 Å². The first kappa shape index (κ1) is 11.6. The van der Waals surface area contributed by atoms with Crippen molar-refractivity contribution in [3.63, 3.8) is 0 Å². The van der Waals surface area contributed by atoms with Crippen LogP contribution in [0.3, 0.4) is 0 Å². The van der Waals surface area contributed by atoms with Gasteiger partial charge in [0.2, 0.25) is 0 Å². The van der Waals surface area contributed by atoms with Crippen molar-refractivity contribution in [2.45, 2.75) is 11.4 Å². The first-order valence-corrected chi connectivity index (χ1v) is 5.63. The van der Waals surface area contributed by atoms with E-state index >= 15 is 0 Å². The number of hydrogen-bond acceptors (Lipinski definition) is 4. The van der Waals surface area contributed by atoms with Crippen molar-refractivity contribution >= 4 is 29.1 Å². The minimum absolute atomic E-state index is 0.594. The summed E-state index contributed by atoms with van der Waals surface area (Å²) in [5.74, 6) is 0.949. The SMILES string of the molecule is COCCCSc1ncc(N)cc1Cl. The second-order valence-corrected chi connectivity index (χ2v) is 4.24. The Morgan fingerprint density at radius 3 is 3.07 bits per heavy atom. The van der Waals surface area contributed by atoms with Gasteiger partial charge in [-0.1, -0.05) is 11.6 Å². The predicted octanol–water partition coefficient (Wildman–Crippen LogP) is 2.45. The summed E-state index contributed by atoms with van der Waals surface area (Å²) in [5.41, 5.74) is 6.12. The van der Waals surface area contributed by atoms with Crippen molar-refractivity contribution in [2.24, 2.45) is 0 Å². The van der Waals surface area contributed by atoms with Crippen molar-refractivity contribution in [1.82, 2.24) is 4.98 Å². The highest BCUT2D eigenvalue weighted by atomic mass is 35.5. The monoisotopic (exact) mass is 232 g/mol. The molecule has 0 spiro atoms. The van der Waals surface area contributed by atoms with Crippen molar-refractivity contribution in [2.75, 3.05) is 25.2 Å². The molecular formula is C9H13ClN2OS. The van der Waals surface area contributed by atoms with Gasteiger partial charge in [-0.25, -0.2) is 4.98 Å². The Hall–Kier alpha value is -0.450. The van der Waals surface area contributed by atoms with E-state index in [1.165, 1.54) is 0 Å². The second-order valence-electron chi connectivity index (χ2n) is 2.75. The summed E-state index contributed by atoms with van der Waals surface area (Å²) in [5, 5.41) is 1.45. The van der Waals surface area contributed by atoms with Gasteiger partial charge in [-0.2, -0.15) is 0 Å². The first-order valence-electron chi connectivity index (χ1n) is 4.27. The van der Waals surface area contributed by atoms with Gasteiger partial charge in [-0.15, -0.1) is 11.8 Å². The van der Waals surface area contributed by atoms with Crippen LogP contribution >= 0.6 is 23.4 Å². The van der Waals surface area contributed by atoms with Gasteiger partial charge in [0.05, 0.1) is 16.9 Å². The molecule has 1 heterocycles. The molecule has 78 valence electrons. The third-order valence-corrected chi connectivity index (χ3v) is 3.05. The average Bonchev–Trinajstić information content (AvgIpc) is 2.15. The summed E-state index contributed by atoms with van der Waals surface area (Å²) in [4.78, 5) is 4.14. The van der Waals surface area contributed by atoms with Crippen LogP contribution in [0.4, 0.5) is 5.69 Å². The van der Waals surface area contributed by atoms with E-state index < -0.39 is 0 Å². The summed E-state index contributed by atoms with van der Waals surface area (Å²) >= 11 is 7.56. The Labute approximate surface area is 93.0 Å². The highest BCUT2D eigenvalue weighted by molar-refractivity contribution is 7.99. The molecular weight excluding hydrogens is 220 g/mol. The van der Waals surface area contributed by atoms with Crippen LogP contribution in [-0.2, 0) is 4.74 Å². The van der Waals surface area contributed by atoms with Crippen LogP contribution in [0.15, 0.2) is 17.3 Å². The van der Waals surface area contributed by atoms with E-state index in [-0.39, 0.29) is 0 Å². The normalized spacial score (nSPS) is 10.4. The number of methoxy groups -OCH3 is 1. The molecule has 14 heavy (non-hydrogen) atoms. The standard InChI is InChI=1S/C9H13ClN2OS/c1-13-3-2-4-14-9-8(10)5-7(11)6-12-9/h5-6H,2-4,11H2,1H3. The molecule has 0 aliphatic heterocycles. The van der Waals surface area contributed by atoms with Crippen LogP contribution in [0.5, 0.6) is 0 Å². The van der Waals surface area contributed by atoms with Crippen LogP contribution < -0.4 is 5.73 Å². The molecule has 0 fully saturated rings. The molecule has 0 saturated carbocycles. The van der Waals surface area contributed by atoms with Crippen LogP contribution in [0, 0.1) is 0 Å². The van der Waals surface area contributed by atoms with Gasteiger partial charge in [-0.3, -0.25) is 0 Å². The molecule has 0 amide bonds. The molecule has 2 N–H and O–H groups in total. The van der Waals surface area contributed by atoms with Crippen LogP contribution in [0.25, 0.3) is 0 Å². The smallest absolute Gasteiger partial charge is 0.115 e. The van der Waals surface area contributed by atoms with Crippen LogP contribution in [0.1, 0.15) is 6.42 Å². The van der Waals surface area contributed by atoms with E-state index in [0.29, 0.717) is 10.7 Å². The number of nitrogens with zero attached hydrogens (tertiary/aromatic N) is 1. The molecule has 1 rings (SSSR count). The summed E-state index contributed by atoms with van der Waals surface area (Å²) in [6.07, 6.45) is 2.61. The maximum Gasteiger partial charge on any atom is 0.115 e. The quantitative estimate of drug-likeness (QED) is 0.626. The number of ether oxygens (including phenoxy) is 1. The lowest BCUT2D eigenvalue weighted by Crippen LogP contribution is -1.92. The number of aromatic nitrogens is 1. The van der Waals surface area contributed by atoms with E-state index in [4.69, 9.17) is 22.1 Å². The van der Waals surface area contributed by atoms with Gasteiger partial charge in [0.15, 0.2) is 0 Å². The average molecular weight is 233 g/mol. The highest BCUT2D eigenvalue weighted by Crippen LogP contribution is 2.26. The van der Waals surface area contributed by atoms with E-state index in [9.17, 15) is 0 Å². The third kappa shape index (κ3) is 3.74. The fourth-order valence-electron chi connectivity index (χ4n) is 0.918. The van der Waals surface area contributed by atoms with Gasteiger partial charge in [0.25, 0.3) is 0 Å². The number of anilines is 1. The molecule has 0 aromatic carbocycles. The largest absolute Gasteiger partial charge is 0.397 e. The molecule has 0 aliphatic carbocycles. The fraction of sp³-hybridized carbons (Fsp3) is 0.444. The van der Waals surface area contributed by atoms with Crippen molar-refractivity contribution in [3.05, 3.63) is 17.3 Å². The number of nitrogen functional groups attached to an aromatic ring is 1. The Kier molecular flexibility index (Phi) is 5.07. The number of rotatable bonds is 5. The van der Waals surface area contributed by atoms with Gasteiger partial charge < -0.3 is 10.5 Å². The summed E-state index contributed by atoms with van der Waals surface area (Å²) in [6.45, 7) is 0.763. The lowest BCUT2D eigenvalue weighted by molar-refractivity contribution is 0.200. The third-order valence-electron chi connectivity index (χ3n) is 1.56. The predicted molar refractivity (Wildman–Crippen MR) is 60.9 cm³/mol. The first-order chi connectivity index (χ1) is 6.74. The molecule has 0 aliphatic rings. The van der Waals surface area contributed by atoms with Crippen molar-refractivity contribution in [3.8, 4) is 0 Å². The number of nitrogens with two attached hydrogens (primary N) is 1. The van der Waals surface area contributed by atoms with Crippen LogP contribution in [0.2, 0.25) is 5.02 Å². The highest BCUT2D eigenvalue weighted by Gasteiger charge is 2.02. The molecule has 0 radical (unpaired) electrons. The lowest BCUT2D eigenvalue weighted by Gasteiger charge is -2.03. The maximum absolute atomic E-state index is 5.95. The van der Waals surface area contributed by atoms with Crippen LogP contribution in [-0.4, -0.2) is 24.5 Å². The molecule has 0 unspecified atom stereocenters. The Morgan fingerprint density at radius 1 is 1.64 bits per heavy atom. The Balaban J connectivity index is 2.42. The number of halogens is 1. The zero-order chi connectivity index (χ0) is 10.4. The molecule has 5 heteroatoms. The zero-order valence-electron chi connectivity index (χ0n) is 8.00. The Morgan fingerprint density at radius 2 is 2.43 bits per heavy atom. The van der Waals surface area contributed by atoms with E-state index in [2.05, 4.69) is 4.98 Å². The van der Waals surface area contributed by atoms with Gasteiger partial charge in [-0.05, 0) is 12.5 Å². The lowest BCUT2D eigenvalue weighted by atomic mass is 10.4. The molecule has 0 saturated heterocycles. The molecule has 3 nitrogen and oxygen atoms in total. The molecule has 1 aromatic rings. The van der Waals surface area contributed by atoms with E-state index in [0.717, 1.165) is 23.8 Å². The van der Waals surface area contributed by atoms with Gasteiger partial charge in [0.1, 0.15) is 5.03 Å². The number of hydrogen-bond donors (Lipinski definition) is 1. The maximum atomic E-state index is 5.95. The fourth-order valence-corrected chi connectivity index (χ4v) is 2.04. The van der Waals surface area contributed by atoms with Gasteiger partial charge in [0, 0.05) is 19.5 Å². The zero-order valence-corrected chi connectivity index (χ0v) is 9.57. The minimum atomic E-state index is 0.594. The molecule has 0 atom stereocenters. The molecule has 0 bridgehead atoms. The van der Waals surface area contributed by atoms with Gasteiger partial charge >= 0.3 is 0 Å². The summed E-state index contributed by atoms with van der Waals surface area (Å²) in [7, 11) is 1.69. The number of pyridine rings is 1. The summed E-state index contributed by atoms with van der Waals surface area (Å²) in [6, 6.07) is 1.72. The summed E-state index contributed by atoms with van der Waals surface area (Å²) < 4.78 is 4.94. The topological polar surface area (TPSA) is 48.1 Å². The molecule has 1 aromatic heterocycles. The van der Waals surface area contributed by atoms with Crippen molar-refractivity contribution in [1.29, 1.82) is 0 Å². The minimum Gasteiger partial charge on any atom is -0.397 e. The van der Waals surface area contributed by atoms with E-state index in [1.807, 2.05) is 0 Å². The Bertz CT molecular complexity index is 296. The second kappa shape index (κ2) is 6.11. The van der Waals surface area contributed by atoms with Crippen molar-refractivity contribution < 1.29 is 4.74 Å².